The van der Waals surface area contributed by atoms with Gasteiger partial charge in [-0.15, -0.1) is 0 Å². The van der Waals surface area contributed by atoms with Gasteiger partial charge in [-0.3, -0.25) is 0 Å². The summed E-state index contributed by atoms with van der Waals surface area (Å²) < 4.78 is 5.28. The molecule has 0 atom stereocenters. The van der Waals surface area contributed by atoms with Crippen molar-refractivity contribution in [2.75, 3.05) is 37.4 Å². The quantitative estimate of drug-likeness (QED) is 0.621. The Bertz CT molecular complexity index is 317. The lowest BCUT2D eigenvalue weighted by molar-refractivity contribution is 0.154. The Labute approximate surface area is 95.8 Å². The van der Waals surface area contributed by atoms with Crippen molar-refractivity contribution in [3.8, 4) is 0 Å². The molecule has 0 amide bonds. The van der Waals surface area contributed by atoms with Crippen LogP contribution in [0.15, 0.2) is 18.2 Å². The van der Waals surface area contributed by atoms with Gasteiger partial charge in [0.25, 0.3) is 0 Å². The zero-order valence-corrected chi connectivity index (χ0v) is 9.92. The molecular weight excluding hydrogens is 212 g/mol. The third kappa shape index (κ3) is 3.61. The molecule has 0 unspecified atom stereocenters. The van der Waals surface area contributed by atoms with Gasteiger partial charge in [-0.05, 0) is 25.1 Å². The number of nitrogens with two attached hydrogens (primary N) is 1. The maximum absolute atomic E-state index is 5.91. The van der Waals surface area contributed by atoms with Crippen LogP contribution in [0.25, 0.3) is 0 Å². The number of nitrogen functional groups attached to an aromatic ring is 1. The van der Waals surface area contributed by atoms with Gasteiger partial charge in [0.15, 0.2) is 0 Å². The fourth-order valence-corrected chi connectivity index (χ4v) is 1.48. The molecule has 2 N–H and O–H groups in total. The van der Waals surface area contributed by atoms with E-state index in [1.165, 1.54) is 0 Å². The first kappa shape index (κ1) is 12.1. The number of ether oxygens (including phenoxy) is 1. The van der Waals surface area contributed by atoms with Crippen LogP contribution in [-0.4, -0.2) is 26.8 Å². The second-order valence-corrected chi connectivity index (χ2v) is 3.76. The van der Waals surface area contributed by atoms with Gasteiger partial charge in [-0.2, -0.15) is 0 Å². The molecule has 15 heavy (non-hydrogen) atoms. The topological polar surface area (TPSA) is 38.5 Å². The first-order valence-electron chi connectivity index (χ1n) is 4.99. The summed E-state index contributed by atoms with van der Waals surface area (Å²) in [6, 6.07) is 5.47. The fraction of sp³-hybridized carbons (Fsp3) is 0.455. The largest absolute Gasteiger partial charge is 0.397 e. The van der Waals surface area contributed by atoms with Crippen LogP contribution < -0.4 is 10.6 Å². The second-order valence-electron chi connectivity index (χ2n) is 3.32. The van der Waals surface area contributed by atoms with Crippen molar-refractivity contribution < 1.29 is 4.74 Å². The number of anilines is 2. The molecule has 0 radical (unpaired) electrons. The van der Waals surface area contributed by atoms with Crippen molar-refractivity contribution in [3.63, 3.8) is 0 Å². The van der Waals surface area contributed by atoms with Crippen molar-refractivity contribution in [1.82, 2.24) is 0 Å². The summed E-state index contributed by atoms with van der Waals surface area (Å²) in [6.45, 7) is 4.21. The Balaban J connectivity index is 2.64. The van der Waals surface area contributed by atoms with E-state index < -0.39 is 0 Å². The van der Waals surface area contributed by atoms with E-state index in [0.29, 0.717) is 11.6 Å². The predicted octanol–water partition coefficient (Wildman–Crippen LogP) is 2.39. The molecular formula is C11H17ClN2O. The minimum Gasteiger partial charge on any atom is -0.397 e. The van der Waals surface area contributed by atoms with Gasteiger partial charge in [0.05, 0.1) is 18.0 Å². The summed E-state index contributed by atoms with van der Waals surface area (Å²) in [7, 11) is 1.97. The first-order chi connectivity index (χ1) is 7.15. The number of nitrogens with zero attached hydrogens (tertiary/aromatic N) is 1. The molecule has 0 saturated heterocycles. The normalized spacial score (nSPS) is 10.3. The monoisotopic (exact) mass is 228 g/mol. The Morgan fingerprint density at radius 2 is 2.20 bits per heavy atom. The summed E-state index contributed by atoms with van der Waals surface area (Å²) >= 11 is 5.91. The number of hydrogen-bond donors (Lipinski definition) is 1. The average Bonchev–Trinajstić information content (AvgIpc) is 2.22. The van der Waals surface area contributed by atoms with Crippen molar-refractivity contribution in [3.05, 3.63) is 23.2 Å². The summed E-state index contributed by atoms with van der Waals surface area (Å²) in [5.74, 6) is 0. The Morgan fingerprint density at radius 1 is 1.47 bits per heavy atom. The molecule has 0 aliphatic heterocycles. The lowest BCUT2D eigenvalue weighted by atomic mass is 10.2. The SMILES string of the molecule is CCOCCN(C)c1cc(Cl)ccc1N. The molecule has 0 aromatic heterocycles. The van der Waals surface area contributed by atoms with Gasteiger partial charge in [0.2, 0.25) is 0 Å². The highest BCUT2D eigenvalue weighted by Crippen LogP contribution is 2.25. The zero-order valence-electron chi connectivity index (χ0n) is 9.16. The molecule has 1 rings (SSSR count). The van der Waals surface area contributed by atoms with Gasteiger partial charge in [0, 0.05) is 25.2 Å². The average molecular weight is 229 g/mol. The molecule has 0 aliphatic carbocycles. The van der Waals surface area contributed by atoms with E-state index in [4.69, 9.17) is 22.1 Å². The van der Waals surface area contributed by atoms with E-state index in [2.05, 4.69) is 0 Å². The Hall–Kier alpha value is -0.930. The van der Waals surface area contributed by atoms with E-state index >= 15 is 0 Å². The minimum atomic E-state index is 0.693. The molecule has 1 aromatic rings. The molecule has 0 saturated carbocycles. The standard InChI is InChI=1S/C11H17ClN2O/c1-3-15-7-6-14(2)11-8-9(12)4-5-10(11)13/h4-5,8H,3,6-7,13H2,1-2H3. The fourth-order valence-electron chi connectivity index (χ4n) is 1.31. The van der Waals surface area contributed by atoms with Crippen LogP contribution in [0.4, 0.5) is 11.4 Å². The molecule has 0 fully saturated rings. The van der Waals surface area contributed by atoms with E-state index in [1.807, 2.05) is 31.0 Å². The molecule has 4 heteroatoms. The highest BCUT2D eigenvalue weighted by molar-refractivity contribution is 6.31. The Morgan fingerprint density at radius 3 is 2.87 bits per heavy atom. The number of rotatable bonds is 5. The van der Waals surface area contributed by atoms with E-state index in [1.54, 1.807) is 6.07 Å². The maximum atomic E-state index is 5.91. The molecule has 1 aromatic carbocycles. The second kappa shape index (κ2) is 5.83. The highest BCUT2D eigenvalue weighted by Gasteiger charge is 2.05. The molecule has 0 heterocycles. The smallest absolute Gasteiger partial charge is 0.0641 e. The van der Waals surface area contributed by atoms with Gasteiger partial charge >= 0.3 is 0 Å². The van der Waals surface area contributed by atoms with Crippen molar-refractivity contribution in [2.45, 2.75) is 6.92 Å². The van der Waals surface area contributed by atoms with Gasteiger partial charge in [-0.1, -0.05) is 11.6 Å². The van der Waals surface area contributed by atoms with Gasteiger partial charge < -0.3 is 15.4 Å². The van der Waals surface area contributed by atoms with E-state index in [-0.39, 0.29) is 0 Å². The van der Waals surface area contributed by atoms with Crippen molar-refractivity contribution in [1.29, 1.82) is 0 Å². The highest BCUT2D eigenvalue weighted by atomic mass is 35.5. The molecule has 0 spiro atoms. The van der Waals surface area contributed by atoms with Crippen LogP contribution in [0, 0.1) is 0 Å². The third-order valence-corrected chi connectivity index (χ3v) is 2.41. The molecule has 0 bridgehead atoms. The first-order valence-corrected chi connectivity index (χ1v) is 5.37. The Kier molecular flexibility index (Phi) is 4.72. The minimum absolute atomic E-state index is 0.693. The predicted molar refractivity (Wildman–Crippen MR) is 65.6 cm³/mol. The number of hydrogen-bond acceptors (Lipinski definition) is 3. The van der Waals surface area contributed by atoms with Crippen LogP contribution in [0.3, 0.4) is 0 Å². The zero-order chi connectivity index (χ0) is 11.3. The van der Waals surface area contributed by atoms with Crippen LogP contribution in [0.1, 0.15) is 6.92 Å². The number of benzene rings is 1. The lowest BCUT2D eigenvalue weighted by Gasteiger charge is -2.21. The maximum Gasteiger partial charge on any atom is 0.0641 e. The van der Waals surface area contributed by atoms with Crippen molar-refractivity contribution >= 4 is 23.0 Å². The van der Waals surface area contributed by atoms with Crippen LogP contribution in [-0.2, 0) is 4.74 Å². The summed E-state index contributed by atoms with van der Waals surface area (Å²) in [5.41, 5.74) is 7.53. The third-order valence-electron chi connectivity index (χ3n) is 2.18. The molecule has 3 nitrogen and oxygen atoms in total. The van der Waals surface area contributed by atoms with Gasteiger partial charge in [0.1, 0.15) is 0 Å². The molecule has 84 valence electrons. The number of halogens is 1. The van der Waals surface area contributed by atoms with E-state index in [9.17, 15) is 0 Å². The summed E-state index contributed by atoms with van der Waals surface area (Å²) in [5, 5.41) is 0.697. The summed E-state index contributed by atoms with van der Waals surface area (Å²) in [6.07, 6.45) is 0. The molecule has 0 aliphatic rings. The van der Waals surface area contributed by atoms with Crippen LogP contribution >= 0.6 is 11.6 Å². The van der Waals surface area contributed by atoms with Gasteiger partial charge in [-0.25, -0.2) is 0 Å². The van der Waals surface area contributed by atoms with E-state index in [0.717, 1.165) is 24.5 Å². The lowest BCUT2D eigenvalue weighted by Crippen LogP contribution is -2.23. The van der Waals surface area contributed by atoms with Crippen LogP contribution in [0.2, 0.25) is 5.02 Å². The van der Waals surface area contributed by atoms with Crippen LogP contribution in [0.5, 0.6) is 0 Å². The van der Waals surface area contributed by atoms with Crippen molar-refractivity contribution in [2.24, 2.45) is 0 Å². The number of likely N-dealkylation sites (N-methyl/N-ethyl adjacent to an activating group) is 1. The summed E-state index contributed by atoms with van der Waals surface area (Å²) in [4.78, 5) is 2.04.